The van der Waals surface area contributed by atoms with Crippen LogP contribution in [0.15, 0.2) is 18.2 Å². The number of carbonyl (C=O) groups is 2. The Morgan fingerprint density at radius 2 is 1.73 bits per heavy atom. The summed E-state index contributed by atoms with van der Waals surface area (Å²) in [5.74, 6) is -0.694. The van der Waals surface area contributed by atoms with Crippen LogP contribution in [0.1, 0.15) is 76.3 Å². The molecule has 0 radical (unpaired) electrons. The summed E-state index contributed by atoms with van der Waals surface area (Å²) in [6, 6.07) is 5.74. The number of benzene rings is 1. The number of piperazine rings is 1. The Bertz CT molecular complexity index is 970. The van der Waals surface area contributed by atoms with Gasteiger partial charge in [-0.15, -0.1) is 0 Å². The molecule has 1 N–H and O–H groups in total. The van der Waals surface area contributed by atoms with Crippen molar-refractivity contribution in [2.75, 3.05) is 23.7 Å². The molecule has 2 fully saturated rings. The second-order valence-electron chi connectivity index (χ2n) is 9.87. The van der Waals surface area contributed by atoms with Crippen LogP contribution in [0.3, 0.4) is 0 Å². The van der Waals surface area contributed by atoms with Crippen molar-refractivity contribution in [3.8, 4) is 0 Å². The zero-order valence-electron chi connectivity index (χ0n) is 20.5. The normalized spacial score (nSPS) is 23.8. The van der Waals surface area contributed by atoms with E-state index in [-0.39, 0.29) is 36.7 Å². The molecule has 1 saturated heterocycles. The lowest BCUT2D eigenvalue weighted by molar-refractivity contribution is -0.133. The molecule has 0 bridgehead atoms. The van der Waals surface area contributed by atoms with Crippen LogP contribution in [-0.4, -0.2) is 55.0 Å². The fraction of sp³-hybridized carbons (Fsp3) is 0.680. The van der Waals surface area contributed by atoms with Crippen LogP contribution in [0.2, 0.25) is 0 Å². The number of anilines is 1. The van der Waals surface area contributed by atoms with Crippen molar-refractivity contribution >= 4 is 27.5 Å². The molecule has 7 nitrogen and oxygen atoms in total. The van der Waals surface area contributed by atoms with E-state index in [9.17, 15) is 18.0 Å². The number of nitrogens with zero attached hydrogens (tertiary/aromatic N) is 2. The first-order valence-electron chi connectivity index (χ1n) is 12.3. The quantitative estimate of drug-likeness (QED) is 0.677. The standard InChI is InChI=1S/C25H39N3O4S/c1-5-15-33(31,32)27-17-23(29)28(22-14-13-19(2)20(3)16-22)25(4,18-27)24(30)26-21-11-9-7-6-8-10-12-21/h13-14,16,21H,5-12,15,17-18H2,1-4H3,(H,26,30)/t25-/m1/s1. The van der Waals surface area contributed by atoms with E-state index in [1.165, 1.54) is 28.5 Å². The Balaban J connectivity index is 1.97. The molecule has 1 aliphatic carbocycles. The van der Waals surface area contributed by atoms with Crippen LogP contribution in [0.4, 0.5) is 5.69 Å². The van der Waals surface area contributed by atoms with Gasteiger partial charge in [0.15, 0.2) is 0 Å². The summed E-state index contributed by atoms with van der Waals surface area (Å²) in [5.41, 5.74) is 1.41. The zero-order valence-corrected chi connectivity index (χ0v) is 21.3. The summed E-state index contributed by atoms with van der Waals surface area (Å²) >= 11 is 0. The monoisotopic (exact) mass is 477 g/mol. The molecule has 8 heteroatoms. The molecular formula is C25H39N3O4S. The van der Waals surface area contributed by atoms with Gasteiger partial charge in [0.05, 0.1) is 12.3 Å². The highest BCUT2D eigenvalue weighted by Crippen LogP contribution is 2.32. The molecule has 2 aliphatic rings. The number of amides is 2. The molecule has 2 amide bonds. The van der Waals surface area contributed by atoms with E-state index in [1.54, 1.807) is 13.8 Å². The Morgan fingerprint density at radius 1 is 1.09 bits per heavy atom. The molecule has 1 aromatic carbocycles. The van der Waals surface area contributed by atoms with Gasteiger partial charge >= 0.3 is 0 Å². The topological polar surface area (TPSA) is 86.8 Å². The van der Waals surface area contributed by atoms with Gasteiger partial charge in [0.25, 0.3) is 0 Å². The number of carbonyl (C=O) groups excluding carboxylic acids is 2. The minimum Gasteiger partial charge on any atom is -0.351 e. The molecule has 184 valence electrons. The summed E-state index contributed by atoms with van der Waals surface area (Å²) in [6.45, 7) is 7.17. The average Bonchev–Trinajstić information content (AvgIpc) is 2.71. The average molecular weight is 478 g/mol. The molecule has 1 heterocycles. The molecular weight excluding hydrogens is 438 g/mol. The second kappa shape index (κ2) is 10.6. The van der Waals surface area contributed by atoms with E-state index >= 15 is 0 Å². The third-order valence-corrected chi connectivity index (χ3v) is 9.04. The van der Waals surface area contributed by atoms with Crippen LogP contribution in [0.5, 0.6) is 0 Å². The minimum absolute atomic E-state index is 0.0375. The maximum atomic E-state index is 13.8. The Kier molecular flexibility index (Phi) is 8.22. The van der Waals surface area contributed by atoms with E-state index < -0.39 is 15.6 Å². The summed E-state index contributed by atoms with van der Waals surface area (Å²) in [5, 5.41) is 3.19. The van der Waals surface area contributed by atoms with Crippen LogP contribution in [-0.2, 0) is 19.6 Å². The van der Waals surface area contributed by atoms with Gasteiger partial charge < -0.3 is 5.32 Å². The van der Waals surface area contributed by atoms with Gasteiger partial charge in [0.2, 0.25) is 21.8 Å². The highest BCUT2D eigenvalue weighted by atomic mass is 32.2. The summed E-state index contributed by atoms with van der Waals surface area (Å²) in [6.07, 6.45) is 7.99. The summed E-state index contributed by atoms with van der Waals surface area (Å²) in [7, 11) is -3.63. The highest BCUT2D eigenvalue weighted by Gasteiger charge is 2.51. The molecule has 0 spiro atoms. The van der Waals surface area contributed by atoms with Gasteiger partial charge in [-0.3, -0.25) is 14.5 Å². The lowest BCUT2D eigenvalue weighted by atomic mass is 9.91. The molecule has 33 heavy (non-hydrogen) atoms. The van der Waals surface area contributed by atoms with Gasteiger partial charge in [0.1, 0.15) is 5.54 Å². The van der Waals surface area contributed by atoms with Gasteiger partial charge in [-0.2, -0.15) is 4.31 Å². The third kappa shape index (κ3) is 5.77. The van der Waals surface area contributed by atoms with Crippen molar-refractivity contribution in [2.45, 2.75) is 90.6 Å². The number of nitrogens with one attached hydrogen (secondary N) is 1. The number of aryl methyl sites for hydroxylation is 2. The first-order valence-corrected chi connectivity index (χ1v) is 13.9. The largest absolute Gasteiger partial charge is 0.351 e. The van der Waals surface area contributed by atoms with Gasteiger partial charge in [-0.1, -0.05) is 45.1 Å². The maximum absolute atomic E-state index is 13.8. The molecule has 1 aromatic rings. The first-order chi connectivity index (χ1) is 15.6. The Labute approximate surface area is 199 Å². The SMILES string of the molecule is CCCS(=O)(=O)N1CC(=O)N(c2ccc(C)c(C)c2)[C@@](C)(C(=O)NC2CCCCCCC2)C1. The van der Waals surface area contributed by atoms with Gasteiger partial charge in [0, 0.05) is 18.3 Å². The third-order valence-electron chi connectivity index (χ3n) is 7.07. The van der Waals surface area contributed by atoms with E-state index in [2.05, 4.69) is 5.32 Å². The van der Waals surface area contributed by atoms with E-state index in [1.807, 2.05) is 32.0 Å². The molecule has 1 atom stereocenters. The molecule has 0 aromatic heterocycles. The van der Waals surface area contributed by atoms with E-state index in [0.29, 0.717) is 12.1 Å². The van der Waals surface area contributed by atoms with Gasteiger partial charge in [-0.05, 0) is 63.3 Å². The van der Waals surface area contributed by atoms with Crippen LogP contribution in [0.25, 0.3) is 0 Å². The van der Waals surface area contributed by atoms with E-state index in [0.717, 1.165) is 36.8 Å². The molecule has 0 unspecified atom stereocenters. The van der Waals surface area contributed by atoms with Crippen molar-refractivity contribution in [3.05, 3.63) is 29.3 Å². The highest BCUT2D eigenvalue weighted by molar-refractivity contribution is 7.89. The Morgan fingerprint density at radius 3 is 2.33 bits per heavy atom. The van der Waals surface area contributed by atoms with Crippen molar-refractivity contribution in [2.24, 2.45) is 0 Å². The number of hydrogen-bond donors (Lipinski definition) is 1. The van der Waals surface area contributed by atoms with Crippen molar-refractivity contribution in [1.82, 2.24) is 9.62 Å². The predicted octanol–water partition coefficient (Wildman–Crippen LogP) is 3.68. The lowest BCUT2D eigenvalue weighted by Gasteiger charge is -2.47. The minimum atomic E-state index is -3.63. The maximum Gasteiger partial charge on any atom is 0.247 e. The summed E-state index contributed by atoms with van der Waals surface area (Å²) in [4.78, 5) is 28.7. The number of sulfonamides is 1. The smallest absolute Gasteiger partial charge is 0.247 e. The first kappa shape index (κ1) is 25.7. The van der Waals surface area contributed by atoms with Crippen LogP contribution >= 0.6 is 0 Å². The number of hydrogen-bond acceptors (Lipinski definition) is 4. The van der Waals surface area contributed by atoms with Crippen molar-refractivity contribution in [1.29, 1.82) is 0 Å². The van der Waals surface area contributed by atoms with Crippen LogP contribution in [0, 0.1) is 13.8 Å². The molecule has 1 saturated carbocycles. The van der Waals surface area contributed by atoms with Gasteiger partial charge in [-0.25, -0.2) is 8.42 Å². The van der Waals surface area contributed by atoms with E-state index in [4.69, 9.17) is 0 Å². The van der Waals surface area contributed by atoms with Crippen LogP contribution < -0.4 is 10.2 Å². The zero-order chi connectivity index (χ0) is 24.2. The second-order valence-corrected chi connectivity index (χ2v) is 12.0. The van der Waals surface area contributed by atoms with Crippen molar-refractivity contribution < 1.29 is 18.0 Å². The van der Waals surface area contributed by atoms with Crippen molar-refractivity contribution in [3.63, 3.8) is 0 Å². The number of rotatable bonds is 6. The molecule has 3 rings (SSSR count). The summed E-state index contributed by atoms with van der Waals surface area (Å²) < 4.78 is 27.0. The molecule has 1 aliphatic heterocycles. The lowest BCUT2D eigenvalue weighted by Crippen LogP contribution is -2.71. The Hall–Kier alpha value is -1.93. The fourth-order valence-electron chi connectivity index (χ4n) is 4.96. The fourth-order valence-corrected chi connectivity index (χ4v) is 6.49. The predicted molar refractivity (Wildman–Crippen MR) is 132 cm³/mol.